The third kappa shape index (κ3) is 4.00. The van der Waals surface area contributed by atoms with Gasteiger partial charge in [-0.3, -0.25) is 10.00 Å². The molecule has 0 amide bonds. The lowest BCUT2D eigenvalue weighted by Gasteiger charge is -2.32. The molecule has 2 aromatic carbocycles. The Hall–Kier alpha value is -2.80. The SMILES string of the molecule is COc1ccc(CN2CCCC(c3[nH]ncc3-c3c(F)cccc3F)C2)c(F)c1. The minimum Gasteiger partial charge on any atom is -0.497 e. The van der Waals surface area contributed by atoms with Crippen molar-refractivity contribution >= 4 is 0 Å². The fourth-order valence-corrected chi connectivity index (χ4v) is 4.02. The maximum Gasteiger partial charge on any atom is 0.134 e. The van der Waals surface area contributed by atoms with Crippen LogP contribution in [-0.4, -0.2) is 35.3 Å². The van der Waals surface area contributed by atoms with Gasteiger partial charge in [-0.05, 0) is 37.6 Å². The molecule has 0 aliphatic carbocycles. The van der Waals surface area contributed by atoms with E-state index in [2.05, 4.69) is 15.1 Å². The molecule has 0 radical (unpaired) electrons. The molecule has 1 saturated heterocycles. The van der Waals surface area contributed by atoms with E-state index < -0.39 is 11.6 Å². The third-order valence-corrected chi connectivity index (χ3v) is 5.47. The van der Waals surface area contributed by atoms with Gasteiger partial charge in [-0.15, -0.1) is 0 Å². The van der Waals surface area contributed by atoms with E-state index >= 15 is 0 Å². The number of benzene rings is 2. The number of hydrogen-bond donors (Lipinski definition) is 1. The summed E-state index contributed by atoms with van der Waals surface area (Å²) in [4.78, 5) is 2.15. The molecule has 1 aliphatic heterocycles. The zero-order valence-corrected chi connectivity index (χ0v) is 16.1. The number of rotatable bonds is 5. The van der Waals surface area contributed by atoms with E-state index in [1.807, 2.05) is 0 Å². The molecular weight excluding hydrogens is 379 g/mol. The maximum absolute atomic E-state index is 14.3. The van der Waals surface area contributed by atoms with Crippen molar-refractivity contribution in [3.63, 3.8) is 0 Å². The molecule has 0 saturated carbocycles. The van der Waals surface area contributed by atoms with E-state index in [-0.39, 0.29) is 17.3 Å². The lowest BCUT2D eigenvalue weighted by atomic mass is 9.90. The molecule has 2 heterocycles. The lowest BCUT2D eigenvalue weighted by molar-refractivity contribution is 0.196. The van der Waals surface area contributed by atoms with Gasteiger partial charge in [-0.25, -0.2) is 13.2 Å². The number of H-pyrrole nitrogens is 1. The summed E-state index contributed by atoms with van der Waals surface area (Å²) in [5, 5.41) is 6.99. The highest BCUT2D eigenvalue weighted by molar-refractivity contribution is 5.67. The summed E-state index contributed by atoms with van der Waals surface area (Å²) in [7, 11) is 1.50. The van der Waals surface area contributed by atoms with Crippen LogP contribution in [-0.2, 0) is 6.54 Å². The van der Waals surface area contributed by atoms with E-state index in [4.69, 9.17) is 4.74 Å². The summed E-state index contributed by atoms with van der Waals surface area (Å²) >= 11 is 0. The fourth-order valence-electron chi connectivity index (χ4n) is 4.02. The molecule has 29 heavy (non-hydrogen) atoms. The van der Waals surface area contributed by atoms with Gasteiger partial charge in [0.25, 0.3) is 0 Å². The second kappa shape index (κ2) is 8.29. The first-order valence-electron chi connectivity index (χ1n) is 9.59. The second-order valence-corrected chi connectivity index (χ2v) is 7.33. The van der Waals surface area contributed by atoms with Crippen LogP contribution in [0.4, 0.5) is 13.2 Å². The van der Waals surface area contributed by atoms with E-state index in [1.165, 1.54) is 37.6 Å². The van der Waals surface area contributed by atoms with Gasteiger partial charge in [0.05, 0.1) is 18.9 Å². The highest BCUT2D eigenvalue weighted by Crippen LogP contribution is 2.35. The van der Waals surface area contributed by atoms with Crippen LogP contribution in [0.5, 0.6) is 5.75 Å². The fraction of sp³-hybridized carbons (Fsp3) is 0.318. The number of aromatic nitrogens is 2. The predicted octanol–water partition coefficient (Wildman–Crippen LogP) is 4.88. The zero-order chi connectivity index (χ0) is 20.4. The number of nitrogens with zero attached hydrogens (tertiary/aromatic N) is 2. The monoisotopic (exact) mass is 401 g/mol. The minimum atomic E-state index is -0.611. The normalized spacial score (nSPS) is 17.4. The number of aromatic amines is 1. The summed E-state index contributed by atoms with van der Waals surface area (Å²) in [6.45, 7) is 1.94. The van der Waals surface area contributed by atoms with E-state index in [9.17, 15) is 13.2 Å². The number of nitrogens with one attached hydrogen (secondary N) is 1. The minimum absolute atomic E-state index is 0.0292. The van der Waals surface area contributed by atoms with Crippen LogP contribution in [0, 0.1) is 17.5 Å². The van der Waals surface area contributed by atoms with Crippen LogP contribution >= 0.6 is 0 Å². The summed E-state index contributed by atoms with van der Waals surface area (Å²) in [5.74, 6) is -1.01. The highest BCUT2D eigenvalue weighted by atomic mass is 19.1. The molecule has 152 valence electrons. The first kappa shape index (κ1) is 19.5. The topological polar surface area (TPSA) is 41.1 Å². The molecule has 0 spiro atoms. The Morgan fingerprint density at radius 2 is 1.93 bits per heavy atom. The van der Waals surface area contributed by atoms with Crippen molar-refractivity contribution in [3.8, 4) is 16.9 Å². The van der Waals surface area contributed by atoms with Crippen LogP contribution in [0.1, 0.15) is 30.0 Å². The largest absolute Gasteiger partial charge is 0.497 e. The van der Waals surface area contributed by atoms with Gasteiger partial charge < -0.3 is 4.74 Å². The molecule has 4 rings (SSSR count). The Bertz CT molecular complexity index is 984. The van der Waals surface area contributed by atoms with Crippen LogP contribution in [0.25, 0.3) is 11.1 Å². The molecule has 0 bridgehead atoms. The average molecular weight is 401 g/mol. The van der Waals surface area contributed by atoms with Gasteiger partial charge in [-0.1, -0.05) is 12.1 Å². The standard InChI is InChI=1S/C22H22F3N3O/c1-29-16-8-7-14(20(25)10-16)12-28-9-3-4-15(13-28)22-17(11-26-27-22)21-18(23)5-2-6-19(21)24/h2,5-8,10-11,15H,3-4,9,12-13H2,1H3,(H,26,27). The summed E-state index contributed by atoms with van der Waals surface area (Å²) in [6.07, 6.45) is 3.24. The smallest absolute Gasteiger partial charge is 0.134 e. The van der Waals surface area contributed by atoms with Gasteiger partial charge in [0.15, 0.2) is 0 Å². The number of halogens is 3. The maximum atomic E-state index is 14.3. The van der Waals surface area contributed by atoms with Gasteiger partial charge >= 0.3 is 0 Å². The molecule has 1 atom stereocenters. The second-order valence-electron chi connectivity index (χ2n) is 7.33. The molecule has 7 heteroatoms. The molecule has 1 fully saturated rings. The Morgan fingerprint density at radius 3 is 2.66 bits per heavy atom. The van der Waals surface area contributed by atoms with E-state index in [1.54, 1.807) is 12.1 Å². The average Bonchev–Trinajstić information content (AvgIpc) is 3.19. The van der Waals surface area contributed by atoms with Crippen molar-refractivity contribution in [2.45, 2.75) is 25.3 Å². The predicted molar refractivity (Wildman–Crippen MR) is 104 cm³/mol. The molecule has 1 N–H and O–H groups in total. The highest BCUT2D eigenvalue weighted by Gasteiger charge is 2.27. The van der Waals surface area contributed by atoms with Gasteiger partial charge in [0.2, 0.25) is 0 Å². The first-order chi connectivity index (χ1) is 14.1. The van der Waals surface area contributed by atoms with Crippen LogP contribution < -0.4 is 4.74 Å². The third-order valence-electron chi connectivity index (χ3n) is 5.47. The molecule has 1 aliphatic rings. The number of likely N-dealkylation sites (tertiary alicyclic amines) is 1. The Balaban J connectivity index is 1.55. The van der Waals surface area contributed by atoms with Crippen molar-refractivity contribution in [1.29, 1.82) is 0 Å². The van der Waals surface area contributed by atoms with Crippen molar-refractivity contribution in [1.82, 2.24) is 15.1 Å². The van der Waals surface area contributed by atoms with Crippen LogP contribution in [0.3, 0.4) is 0 Å². The quantitative estimate of drug-likeness (QED) is 0.662. The van der Waals surface area contributed by atoms with Crippen LogP contribution in [0.15, 0.2) is 42.6 Å². The van der Waals surface area contributed by atoms with Gasteiger partial charge in [-0.2, -0.15) is 5.10 Å². The summed E-state index contributed by atoms with van der Waals surface area (Å²) in [5.41, 5.74) is 1.70. The van der Waals surface area contributed by atoms with E-state index in [0.29, 0.717) is 35.7 Å². The van der Waals surface area contributed by atoms with Crippen molar-refractivity contribution in [2.75, 3.05) is 20.2 Å². The summed E-state index contributed by atoms with van der Waals surface area (Å²) < 4.78 is 48.0. The lowest BCUT2D eigenvalue weighted by Crippen LogP contribution is -2.34. The number of hydrogen-bond acceptors (Lipinski definition) is 3. The first-order valence-corrected chi connectivity index (χ1v) is 9.59. The zero-order valence-electron chi connectivity index (χ0n) is 16.1. The number of piperidine rings is 1. The molecule has 4 nitrogen and oxygen atoms in total. The Morgan fingerprint density at radius 1 is 1.14 bits per heavy atom. The number of methoxy groups -OCH3 is 1. The Kier molecular flexibility index (Phi) is 5.58. The van der Waals surface area contributed by atoms with Gasteiger partial charge in [0, 0.05) is 41.9 Å². The van der Waals surface area contributed by atoms with Crippen molar-refractivity contribution in [3.05, 3.63) is 71.3 Å². The molecular formula is C22H22F3N3O. The van der Waals surface area contributed by atoms with Gasteiger partial charge in [0.1, 0.15) is 23.2 Å². The van der Waals surface area contributed by atoms with Crippen molar-refractivity contribution in [2.24, 2.45) is 0 Å². The molecule has 1 aromatic heterocycles. The van der Waals surface area contributed by atoms with Crippen molar-refractivity contribution < 1.29 is 17.9 Å². The number of ether oxygens (including phenoxy) is 1. The summed E-state index contributed by atoms with van der Waals surface area (Å²) in [6, 6.07) is 8.69. The van der Waals surface area contributed by atoms with Crippen LogP contribution in [0.2, 0.25) is 0 Å². The molecule has 3 aromatic rings. The molecule has 1 unspecified atom stereocenters. The Labute approximate surface area is 167 Å². The van der Waals surface area contributed by atoms with E-state index in [0.717, 1.165) is 19.4 Å².